The molecular weight excluding hydrogens is 387 g/mol. The van der Waals surface area contributed by atoms with Crippen LogP contribution in [-0.2, 0) is 17.9 Å². The molecule has 0 saturated heterocycles. The van der Waals surface area contributed by atoms with Crippen molar-refractivity contribution in [1.29, 1.82) is 0 Å². The summed E-state index contributed by atoms with van der Waals surface area (Å²) in [5.41, 5.74) is 1.19. The summed E-state index contributed by atoms with van der Waals surface area (Å²) in [5.74, 6) is -0.492. The Kier molecular flexibility index (Phi) is 5.67. The molecule has 0 bridgehead atoms. The van der Waals surface area contributed by atoms with E-state index in [-0.39, 0.29) is 29.8 Å². The van der Waals surface area contributed by atoms with Crippen LogP contribution >= 0.6 is 0 Å². The van der Waals surface area contributed by atoms with E-state index in [0.717, 1.165) is 25.7 Å². The van der Waals surface area contributed by atoms with E-state index in [4.69, 9.17) is 0 Å². The van der Waals surface area contributed by atoms with Crippen molar-refractivity contribution < 1.29 is 14.3 Å². The normalized spacial score (nSPS) is 14.9. The predicted molar refractivity (Wildman–Crippen MR) is 110 cm³/mol. The average molecular weight is 412 g/mol. The van der Waals surface area contributed by atoms with Crippen LogP contribution in [0.4, 0.5) is 4.39 Å². The number of hydrogen-bond acceptors (Lipinski definition) is 4. The highest BCUT2D eigenvalue weighted by Crippen LogP contribution is 2.25. The van der Waals surface area contributed by atoms with Gasteiger partial charge in [0.05, 0.1) is 12.3 Å². The van der Waals surface area contributed by atoms with Gasteiger partial charge in [0.2, 0.25) is 5.91 Å². The number of hydrogen-bond donors (Lipinski definition) is 1. The van der Waals surface area contributed by atoms with Crippen molar-refractivity contribution in [1.82, 2.24) is 19.1 Å². The Hall–Kier alpha value is -3.00. The molecule has 0 unspecified atom stereocenters. The van der Waals surface area contributed by atoms with Crippen LogP contribution in [0.5, 0.6) is 0 Å². The zero-order valence-corrected chi connectivity index (χ0v) is 16.9. The van der Waals surface area contributed by atoms with Crippen LogP contribution in [0.25, 0.3) is 16.8 Å². The number of aromatic nitrogens is 3. The molecule has 3 aromatic rings. The molecule has 1 aliphatic rings. The van der Waals surface area contributed by atoms with E-state index in [1.54, 1.807) is 30.3 Å². The van der Waals surface area contributed by atoms with Crippen LogP contribution < -0.4 is 5.56 Å². The van der Waals surface area contributed by atoms with Crippen molar-refractivity contribution in [3.63, 3.8) is 0 Å². The second kappa shape index (κ2) is 8.39. The molecule has 7 nitrogen and oxygen atoms in total. The van der Waals surface area contributed by atoms with Crippen LogP contribution in [0.2, 0.25) is 0 Å². The molecule has 30 heavy (non-hydrogen) atoms. The maximum Gasteiger partial charge on any atom is 0.277 e. The van der Waals surface area contributed by atoms with Gasteiger partial charge in [0.15, 0.2) is 0 Å². The van der Waals surface area contributed by atoms with Crippen LogP contribution in [0.3, 0.4) is 0 Å². The number of carbonyl (C=O) groups is 1. The molecule has 0 atom stereocenters. The number of aliphatic hydroxyl groups excluding tert-OH is 1. The molecule has 1 fully saturated rings. The largest absolute Gasteiger partial charge is 0.392 e. The van der Waals surface area contributed by atoms with Gasteiger partial charge in [-0.15, -0.1) is 0 Å². The predicted octanol–water partition coefficient (Wildman–Crippen LogP) is 2.59. The molecular formula is C22H25FN4O3. The molecule has 1 aromatic carbocycles. The lowest BCUT2D eigenvalue weighted by Gasteiger charge is -2.31. The minimum Gasteiger partial charge on any atom is -0.392 e. The quantitative estimate of drug-likeness (QED) is 0.699. The third kappa shape index (κ3) is 3.75. The summed E-state index contributed by atoms with van der Waals surface area (Å²) in [6, 6.07) is 5.94. The average Bonchev–Trinajstić information content (AvgIpc) is 3.15. The Morgan fingerprint density at radius 2 is 1.90 bits per heavy atom. The van der Waals surface area contributed by atoms with E-state index in [2.05, 4.69) is 5.10 Å². The Labute approximate surface area is 173 Å². The monoisotopic (exact) mass is 412 g/mol. The fraction of sp³-hybridized carbons (Fsp3) is 0.409. The Bertz CT molecular complexity index is 1110. The first-order valence-corrected chi connectivity index (χ1v) is 10.2. The fourth-order valence-electron chi connectivity index (χ4n) is 4.19. The van der Waals surface area contributed by atoms with E-state index in [1.807, 2.05) is 0 Å². The van der Waals surface area contributed by atoms with E-state index in [9.17, 15) is 19.1 Å². The zero-order chi connectivity index (χ0) is 21.3. The topological polar surface area (TPSA) is 79.8 Å². The summed E-state index contributed by atoms with van der Waals surface area (Å²) in [7, 11) is 1.80. The summed E-state index contributed by atoms with van der Waals surface area (Å²) in [5, 5.41) is 14.3. The summed E-state index contributed by atoms with van der Waals surface area (Å²) >= 11 is 0. The van der Waals surface area contributed by atoms with Gasteiger partial charge in [-0.2, -0.15) is 5.10 Å². The SMILES string of the molecule is CN(C(=O)Cn1ccn2nc(-c3ccc(F)cc3)c(CO)c2c1=O)C1CCCCC1. The highest BCUT2D eigenvalue weighted by Gasteiger charge is 2.23. The van der Waals surface area contributed by atoms with Gasteiger partial charge in [-0.25, -0.2) is 8.91 Å². The van der Waals surface area contributed by atoms with Gasteiger partial charge in [-0.05, 0) is 37.1 Å². The van der Waals surface area contributed by atoms with Gasteiger partial charge in [-0.3, -0.25) is 9.59 Å². The minimum atomic E-state index is -0.397. The molecule has 0 radical (unpaired) electrons. The Morgan fingerprint density at radius 1 is 1.20 bits per heavy atom. The molecule has 2 aromatic heterocycles. The highest BCUT2D eigenvalue weighted by atomic mass is 19.1. The van der Waals surface area contributed by atoms with E-state index >= 15 is 0 Å². The number of carbonyl (C=O) groups excluding carboxylic acids is 1. The van der Waals surface area contributed by atoms with E-state index in [1.165, 1.54) is 33.8 Å². The number of nitrogens with zero attached hydrogens (tertiary/aromatic N) is 4. The third-order valence-corrected chi connectivity index (χ3v) is 5.96. The molecule has 1 amide bonds. The van der Waals surface area contributed by atoms with Crippen molar-refractivity contribution in [2.24, 2.45) is 0 Å². The van der Waals surface area contributed by atoms with E-state index in [0.29, 0.717) is 16.8 Å². The lowest BCUT2D eigenvalue weighted by Crippen LogP contribution is -2.41. The van der Waals surface area contributed by atoms with Crippen molar-refractivity contribution in [2.75, 3.05) is 7.05 Å². The zero-order valence-electron chi connectivity index (χ0n) is 16.9. The smallest absolute Gasteiger partial charge is 0.277 e. The highest BCUT2D eigenvalue weighted by molar-refractivity contribution is 5.76. The van der Waals surface area contributed by atoms with Gasteiger partial charge in [0, 0.05) is 36.6 Å². The molecule has 158 valence electrons. The summed E-state index contributed by atoms with van der Waals surface area (Å²) in [6.45, 7) is -0.463. The van der Waals surface area contributed by atoms with Gasteiger partial charge in [0.25, 0.3) is 5.56 Å². The van der Waals surface area contributed by atoms with Gasteiger partial charge >= 0.3 is 0 Å². The van der Waals surface area contributed by atoms with Gasteiger partial charge < -0.3 is 14.6 Å². The first-order chi connectivity index (χ1) is 14.5. The van der Waals surface area contributed by atoms with Crippen LogP contribution in [0, 0.1) is 5.82 Å². The molecule has 0 spiro atoms. The van der Waals surface area contributed by atoms with Crippen molar-refractivity contribution in [3.8, 4) is 11.3 Å². The maximum absolute atomic E-state index is 13.3. The molecule has 0 aliphatic heterocycles. The first-order valence-electron chi connectivity index (χ1n) is 10.2. The molecule has 8 heteroatoms. The lowest BCUT2D eigenvalue weighted by atomic mass is 9.94. The number of halogens is 1. The fourth-order valence-corrected chi connectivity index (χ4v) is 4.19. The van der Waals surface area contributed by atoms with Crippen molar-refractivity contribution >= 4 is 11.4 Å². The lowest BCUT2D eigenvalue weighted by molar-refractivity contribution is -0.133. The number of rotatable bonds is 5. The standard InChI is InChI=1S/C22H25FN4O3/c1-25(17-5-3-2-4-6-17)19(29)13-26-11-12-27-21(22(26)30)18(14-28)20(24-27)15-7-9-16(23)10-8-15/h7-12,17,28H,2-6,13-14H2,1H3. The Morgan fingerprint density at radius 3 is 2.57 bits per heavy atom. The minimum absolute atomic E-state index is 0.0652. The number of aliphatic hydroxyl groups is 1. The van der Waals surface area contributed by atoms with Gasteiger partial charge in [-0.1, -0.05) is 19.3 Å². The van der Waals surface area contributed by atoms with Crippen LogP contribution in [0.1, 0.15) is 37.7 Å². The first kappa shape index (κ1) is 20.3. The number of likely N-dealkylation sites (N-methyl/N-ethyl adjacent to an activating group) is 1. The number of fused-ring (bicyclic) bond motifs is 1. The molecule has 2 heterocycles. The van der Waals surface area contributed by atoms with Crippen molar-refractivity contribution in [3.05, 3.63) is 58.4 Å². The summed E-state index contributed by atoms with van der Waals surface area (Å²) < 4.78 is 16.0. The van der Waals surface area contributed by atoms with Crippen molar-refractivity contribution in [2.45, 2.75) is 51.3 Å². The number of benzene rings is 1. The van der Waals surface area contributed by atoms with Crippen LogP contribution in [-0.4, -0.2) is 43.2 Å². The Balaban J connectivity index is 1.67. The second-order valence-corrected chi connectivity index (χ2v) is 7.81. The maximum atomic E-state index is 13.3. The molecule has 1 N–H and O–H groups in total. The third-order valence-electron chi connectivity index (χ3n) is 5.96. The van der Waals surface area contributed by atoms with Crippen LogP contribution in [0.15, 0.2) is 41.5 Å². The number of amides is 1. The summed E-state index contributed by atoms with van der Waals surface area (Å²) in [6.07, 6.45) is 8.56. The van der Waals surface area contributed by atoms with E-state index < -0.39 is 12.2 Å². The second-order valence-electron chi connectivity index (χ2n) is 7.81. The molecule has 4 rings (SSSR count). The summed E-state index contributed by atoms with van der Waals surface area (Å²) in [4.78, 5) is 27.6. The van der Waals surface area contributed by atoms with Gasteiger partial charge in [0.1, 0.15) is 17.9 Å². The molecule has 1 saturated carbocycles. The molecule has 1 aliphatic carbocycles.